The van der Waals surface area contributed by atoms with Crippen molar-refractivity contribution < 1.29 is 14.2 Å². The summed E-state index contributed by atoms with van der Waals surface area (Å²) in [6.45, 7) is 2.94. The van der Waals surface area contributed by atoms with Crippen molar-refractivity contribution in [1.82, 2.24) is 19.3 Å². The van der Waals surface area contributed by atoms with Crippen LogP contribution in [0.15, 0.2) is 176 Å². The molecule has 0 radical (unpaired) electrons. The van der Waals surface area contributed by atoms with Gasteiger partial charge in [0.05, 0.1) is 28.5 Å². The molecular weight excluding hydrogens is 669 g/mol. The summed E-state index contributed by atoms with van der Waals surface area (Å²) in [7, 11) is 0. The normalized spacial score (nSPS) is 11.2. The fraction of sp³-hybridized carbons (Fsp3) is 0.0638. The summed E-state index contributed by atoms with van der Waals surface area (Å²) in [5, 5.41) is 7.09. The molecule has 0 amide bonds. The van der Waals surface area contributed by atoms with Crippen LogP contribution in [0.25, 0.3) is 44.4 Å². The van der Waals surface area contributed by atoms with Crippen molar-refractivity contribution in [2.24, 2.45) is 0 Å². The van der Waals surface area contributed by atoms with Gasteiger partial charge in [-0.05, 0) is 78.2 Å². The molecule has 0 saturated heterocycles. The third kappa shape index (κ3) is 6.66. The number of rotatable bonds is 11. The SMILES string of the molecule is Cc1ccnc(-n2c3ccccc3c3ccc(Oc4cccc(-n5cc(-c6c(OCc7ccccc7)cccc6OCc6ccccc6)cn5)c4)cc32)c1. The molecule has 0 aliphatic heterocycles. The number of aryl methyl sites for hydroxylation is 1. The first kappa shape index (κ1) is 32.8. The summed E-state index contributed by atoms with van der Waals surface area (Å²) in [6.07, 6.45) is 5.70. The minimum absolute atomic E-state index is 0.428. The third-order valence-electron chi connectivity index (χ3n) is 9.43. The van der Waals surface area contributed by atoms with Gasteiger partial charge in [0.2, 0.25) is 0 Å². The molecule has 3 aromatic heterocycles. The van der Waals surface area contributed by atoms with Crippen molar-refractivity contribution in [1.29, 1.82) is 0 Å². The molecule has 0 fully saturated rings. The number of fused-ring (bicyclic) bond motifs is 3. The maximum atomic E-state index is 6.52. The molecule has 0 bridgehead atoms. The number of benzene rings is 6. The molecule has 3 heterocycles. The number of nitrogens with zero attached hydrogens (tertiary/aromatic N) is 4. The van der Waals surface area contributed by atoms with Gasteiger partial charge in [-0.3, -0.25) is 4.57 Å². The van der Waals surface area contributed by atoms with Crippen molar-refractivity contribution in [2.75, 3.05) is 0 Å². The van der Waals surface area contributed by atoms with Gasteiger partial charge in [0.25, 0.3) is 0 Å². The molecule has 7 heteroatoms. The van der Waals surface area contributed by atoms with Crippen LogP contribution in [0.2, 0.25) is 0 Å². The molecule has 54 heavy (non-hydrogen) atoms. The summed E-state index contributed by atoms with van der Waals surface area (Å²) >= 11 is 0. The Morgan fingerprint density at radius 1 is 0.574 bits per heavy atom. The molecule has 0 saturated carbocycles. The maximum absolute atomic E-state index is 6.52. The number of pyridine rings is 1. The fourth-order valence-electron chi connectivity index (χ4n) is 6.83. The van der Waals surface area contributed by atoms with Crippen LogP contribution in [0.3, 0.4) is 0 Å². The molecular formula is C47H36N4O3. The second-order valence-corrected chi connectivity index (χ2v) is 13.2. The van der Waals surface area contributed by atoms with E-state index < -0.39 is 0 Å². The zero-order chi connectivity index (χ0) is 36.3. The molecule has 0 aliphatic carbocycles. The number of aromatic nitrogens is 4. The number of para-hydroxylation sites is 1. The van der Waals surface area contributed by atoms with Crippen molar-refractivity contribution in [3.05, 3.63) is 193 Å². The highest BCUT2D eigenvalue weighted by Crippen LogP contribution is 2.40. The van der Waals surface area contributed by atoms with E-state index in [4.69, 9.17) is 24.3 Å². The maximum Gasteiger partial charge on any atom is 0.137 e. The predicted molar refractivity (Wildman–Crippen MR) is 214 cm³/mol. The summed E-state index contributed by atoms with van der Waals surface area (Å²) in [5.41, 5.74) is 8.00. The van der Waals surface area contributed by atoms with E-state index in [1.165, 1.54) is 5.39 Å². The predicted octanol–water partition coefficient (Wildman–Crippen LogP) is 11.3. The van der Waals surface area contributed by atoms with Gasteiger partial charge >= 0.3 is 0 Å². The molecule has 0 N–H and O–H groups in total. The lowest BCUT2D eigenvalue weighted by molar-refractivity contribution is 0.292. The second kappa shape index (κ2) is 14.5. The average Bonchev–Trinajstić information content (AvgIpc) is 3.83. The number of hydrogen-bond donors (Lipinski definition) is 0. The van der Waals surface area contributed by atoms with Gasteiger partial charge in [0, 0.05) is 40.9 Å². The third-order valence-corrected chi connectivity index (χ3v) is 9.43. The zero-order valence-corrected chi connectivity index (χ0v) is 29.7. The summed E-state index contributed by atoms with van der Waals surface area (Å²) < 4.78 is 23.4. The minimum atomic E-state index is 0.428. The Morgan fingerprint density at radius 2 is 1.24 bits per heavy atom. The van der Waals surface area contributed by atoms with E-state index in [0.29, 0.717) is 19.0 Å². The molecule has 6 aromatic carbocycles. The Labute approximate surface area is 313 Å². The Bertz CT molecular complexity index is 2660. The van der Waals surface area contributed by atoms with Crippen molar-refractivity contribution in [2.45, 2.75) is 20.1 Å². The van der Waals surface area contributed by atoms with Gasteiger partial charge < -0.3 is 14.2 Å². The summed E-state index contributed by atoms with van der Waals surface area (Å²) in [6, 6.07) is 52.9. The lowest BCUT2D eigenvalue weighted by Gasteiger charge is -2.16. The van der Waals surface area contributed by atoms with Gasteiger partial charge in [-0.25, -0.2) is 9.67 Å². The Morgan fingerprint density at radius 3 is 1.98 bits per heavy atom. The van der Waals surface area contributed by atoms with E-state index in [2.05, 4.69) is 78.2 Å². The van der Waals surface area contributed by atoms with Crippen molar-refractivity contribution in [3.63, 3.8) is 0 Å². The zero-order valence-electron chi connectivity index (χ0n) is 29.7. The van der Waals surface area contributed by atoms with Gasteiger partial charge in [-0.1, -0.05) is 91.0 Å². The van der Waals surface area contributed by atoms with Crippen molar-refractivity contribution in [3.8, 4) is 45.6 Å². The molecule has 9 aromatic rings. The molecule has 0 spiro atoms. The smallest absolute Gasteiger partial charge is 0.137 e. The van der Waals surface area contributed by atoms with Crippen molar-refractivity contribution >= 4 is 21.8 Å². The molecule has 0 atom stereocenters. The van der Waals surface area contributed by atoms with Crippen LogP contribution in [-0.4, -0.2) is 19.3 Å². The van der Waals surface area contributed by atoms with Crippen LogP contribution >= 0.6 is 0 Å². The lowest BCUT2D eigenvalue weighted by atomic mass is 10.1. The molecule has 9 rings (SSSR count). The highest BCUT2D eigenvalue weighted by molar-refractivity contribution is 6.09. The highest BCUT2D eigenvalue weighted by Gasteiger charge is 2.18. The van der Waals surface area contributed by atoms with E-state index in [9.17, 15) is 0 Å². The topological polar surface area (TPSA) is 63.3 Å². The van der Waals surface area contributed by atoms with Gasteiger partial charge in [-0.2, -0.15) is 5.10 Å². The van der Waals surface area contributed by atoms with E-state index in [1.807, 2.05) is 114 Å². The average molecular weight is 705 g/mol. The van der Waals surface area contributed by atoms with Crippen LogP contribution in [-0.2, 0) is 13.2 Å². The number of hydrogen-bond acceptors (Lipinski definition) is 5. The quantitative estimate of drug-likeness (QED) is 0.134. The fourth-order valence-corrected chi connectivity index (χ4v) is 6.83. The molecule has 0 unspecified atom stereocenters. The summed E-state index contributed by atoms with van der Waals surface area (Å²) in [5.74, 6) is 3.72. The monoisotopic (exact) mass is 704 g/mol. The largest absolute Gasteiger partial charge is 0.488 e. The van der Waals surface area contributed by atoms with Crippen LogP contribution in [0.1, 0.15) is 16.7 Å². The van der Waals surface area contributed by atoms with Gasteiger partial charge in [-0.15, -0.1) is 0 Å². The van der Waals surface area contributed by atoms with E-state index in [1.54, 1.807) is 0 Å². The first-order chi connectivity index (χ1) is 26.7. The van der Waals surface area contributed by atoms with Gasteiger partial charge in [0.1, 0.15) is 42.0 Å². The minimum Gasteiger partial charge on any atom is -0.488 e. The second-order valence-electron chi connectivity index (χ2n) is 13.2. The lowest BCUT2D eigenvalue weighted by Crippen LogP contribution is -2.01. The Hall–Kier alpha value is -7.12. The van der Waals surface area contributed by atoms with Crippen LogP contribution in [0, 0.1) is 6.92 Å². The molecule has 262 valence electrons. The van der Waals surface area contributed by atoms with Crippen LogP contribution in [0.5, 0.6) is 23.0 Å². The first-order valence-electron chi connectivity index (χ1n) is 17.9. The molecule has 0 aliphatic rings. The Kier molecular flexibility index (Phi) is 8.79. The Balaban J connectivity index is 1.03. The standard InChI is InChI=1S/C47H36N4O3/c1-33-24-25-48-46(26-33)51-42-19-9-8-18-40(42)41-23-22-39(28-43(41)51)54-38-17-10-16-37(27-38)50-30-36(29-49-50)47-44(52-31-34-12-4-2-5-13-34)20-11-21-45(47)53-32-35-14-6-3-7-15-35/h2-30H,31-32H2,1H3. The van der Waals surface area contributed by atoms with Crippen LogP contribution in [0.4, 0.5) is 0 Å². The highest BCUT2D eigenvalue weighted by atomic mass is 16.5. The summed E-state index contributed by atoms with van der Waals surface area (Å²) in [4.78, 5) is 4.72. The van der Waals surface area contributed by atoms with Crippen LogP contribution < -0.4 is 14.2 Å². The number of ether oxygens (including phenoxy) is 3. The van der Waals surface area contributed by atoms with Gasteiger partial charge in [0.15, 0.2) is 0 Å². The van der Waals surface area contributed by atoms with E-state index >= 15 is 0 Å². The molecule has 7 nitrogen and oxygen atoms in total. The first-order valence-corrected chi connectivity index (χ1v) is 17.9. The van der Waals surface area contributed by atoms with E-state index in [0.717, 1.165) is 73.0 Å². The van der Waals surface area contributed by atoms with E-state index in [-0.39, 0.29) is 0 Å².